The molecule has 5 heteroatoms. The summed E-state index contributed by atoms with van der Waals surface area (Å²) >= 11 is 1.71. The minimum absolute atomic E-state index is 0.135. The van der Waals surface area contributed by atoms with Crippen molar-refractivity contribution < 1.29 is 0 Å². The van der Waals surface area contributed by atoms with Crippen molar-refractivity contribution in [1.29, 1.82) is 0 Å². The molecule has 4 nitrogen and oxygen atoms in total. The first kappa shape index (κ1) is 17.7. The average molecular weight is 370 g/mol. The van der Waals surface area contributed by atoms with E-state index in [1.807, 2.05) is 28.8 Å². The van der Waals surface area contributed by atoms with E-state index in [0.29, 0.717) is 0 Å². The van der Waals surface area contributed by atoms with E-state index in [-0.39, 0.29) is 5.56 Å². The molecule has 4 rings (SSSR count). The van der Waals surface area contributed by atoms with E-state index < -0.39 is 0 Å². The van der Waals surface area contributed by atoms with Gasteiger partial charge in [0.25, 0.3) is 5.56 Å². The third-order valence-electron chi connectivity index (χ3n) is 5.39. The number of likely N-dealkylation sites (tertiary alicyclic amines) is 1. The van der Waals surface area contributed by atoms with Gasteiger partial charge in [-0.25, -0.2) is 4.98 Å². The van der Waals surface area contributed by atoms with Crippen LogP contribution in [0.5, 0.6) is 0 Å². The number of hydrogen-bond acceptors (Lipinski definition) is 4. The van der Waals surface area contributed by atoms with E-state index in [1.165, 1.54) is 25.7 Å². The molecule has 3 aromatic rings. The highest BCUT2D eigenvalue weighted by Crippen LogP contribution is 2.28. The molecule has 3 heterocycles. The first-order chi connectivity index (χ1) is 12.8. The van der Waals surface area contributed by atoms with Crippen LogP contribution in [0.15, 0.2) is 29.1 Å². The lowest BCUT2D eigenvalue weighted by Gasteiger charge is -2.26. The summed E-state index contributed by atoms with van der Waals surface area (Å²) in [4.78, 5) is 21.6. The summed E-state index contributed by atoms with van der Waals surface area (Å²) in [5.41, 5.74) is 1.14. The van der Waals surface area contributed by atoms with Crippen LogP contribution in [0.2, 0.25) is 0 Å². The van der Waals surface area contributed by atoms with Crippen LogP contribution in [0.25, 0.3) is 21.1 Å². The lowest BCUT2D eigenvalue weighted by Crippen LogP contribution is -2.34. The summed E-state index contributed by atoms with van der Waals surface area (Å²) in [7, 11) is 0. The van der Waals surface area contributed by atoms with Crippen molar-refractivity contribution in [3.63, 3.8) is 0 Å². The van der Waals surface area contributed by atoms with Crippen LogP contribution in [-0.2, 0) is 13.0 Å². The van der Waals surface area contributed by atoms with Gasteiger partial charge in [0.2, 0.25) is 0 Å². The summed E-state index contributed by atoms with van der Waals surface area (Å²) in [5.74, 6) is 0. The van der Waals surface area contributed by atoms with Crippen molar-refractivity contribution in [2.24, 2.45) is 0 Å². The molecule has 2 aromatic heterocycles. The van der Waals surface area contributed by atoms with Crippen molar-refractivity contribution in [2.45, 2.75) is 52.0 Å². The molecule has 0 atom stereocenters. The summed E-state index contributed by atoms with van der Waals surface area (Å²) in [6, 6.07) is 7.94. The molecular weight excluding hydrogens is 342 g/mol. The van der Waals surface area contributed by atoms with Crippen molar-refractivity contribution in [1.82, 2.24) is 14.5 Å². The van der Waals surface area contributed by atoms with Gasteiger partial charge < -0.3 is 4.90 Å². The number of aromatic nitrogens is 2. The SMILES string of the molecule is CCCCc1nc2c3ccccc3c(=O)n(CCN3CCCCC3)c2s1. The van der Waals surface area contributed by atoms with E-state index in [2.05, 4.69) is 11.8 Å². The smallest absolute Gasteiger partial charge is 0.259 e. The largest absolute Gasteiger partial charge is 0.302 e. The van der Waals surface area contributed by atoms with Gasteiger partial charge in [-0.15, -0.1) is 11.3 Å². The predicted octanol–water partition coefficient (Wildman–Crippen LogP) is 4.44. The zero-order chi connectivity index (χ0) is 17.9. The number of benzene rings is 1. The van der Waals surface area contributed by atoms with Gasteiger partial charge in [0.15, 0.2) is 0 Å². The molecule has 0 amide bonds. The lowest BCUT2D eigenvalue weighted by atomic mass is 10.1. The number of fused-ring (bicyclic) bond motifs is 3. The highest BCUT2D eigenvalue weighted by molar-refractivity contribution is 7.18. The summed E-state index contributed by atoms with van der Waals surface area (Å²) in [6.07, 6.45) is 7.22. The molecule has 1 aliphatic heterocycles. The Morgan fingerprint density at radius 3 is 2.62 bits per heavy atom. The molecule has 138 valence electrons. The lowest BCUT2D eigenvalue weighted by molar-refractivity contribution is 0.221. The van der Waals surface area contributed by atoms with Gasteiger partial charge in [-0.1, -0.05) is 38.0 Å². The van der Waals surface area contributed by atoms with Gasteiger partial charge in [0.05, 0.1) is 5.01 Å². The fourth-order valence-corrected chi connectivity index (χ4v) is 5.03. The maximum atomic E-state index is 13.2. The Balaban J connectivity index is 1.76. The maximum Gasteiger partial charge on any atom is 0.259 e. The molecule has 1 aliphatic rings. The van der Waals surface area contributed by atoms with Crippen LogP contribution in [-0.4, -0.2) is 34.1 Å². The van der Waals surface area contributed by atoms with Gasteiger partial charge in [-0.05, 0) is 44.8 Å². The van der Waals surface area contributed by atoms with Crippen molar-refractivity contribution in [3.05, 3.63) is 39.6 Å². The van der Waals surface area contributed by atoms with Crippen molar-refractivity contribution in [3.8, 4) is 0 Å². The quantitative estimate of drug-likeness (QED) is 0.645. The molecule has 1 fully saturated rings. The molecule has 0 unspecified atom stereocenters. The van der Waals surface area contributed by atoms with Crippen molar-refractivity contribution >= 4 is 32.5 Å². The number of pyridine rings is 1. The van der Waals surface area contributed by atoms with Crippen LogP contribution < -0.4 is 5.56 Å². The fraction of sp³-hybridized carbons (Fsp3) is 0.524. The second kappa shape index (κ2) is 7.89. The molecule has 0 bridgehead atoms. The van der Waals surface area contributed by atoms with Gasteiger partial charge in [0, 0.05) is 23.9 Å². The molecule has 1 saturated heterocycles. The van der Waals surface area contributed by atoms with Gasteiger partial charge in [-0.2, -0.15) is 0 Å². The normalized spacial score (nSPS) is 15.9. The number of rotatable bonds is 6. The minimum Gasteiger partial charge on any atom is -0.302 e. The Labute approximate surface area is 158 Å². The molecule has 0 N–H and O–H groups in total. The average Bonchev–Trinajstić information content (AvgIpc) is 3.11. The van der Waals surface area contributed by atoms with Crippen LogP contribution in [0.3, 0.4) is 0 Å². The Bertz CT molecular complexity index is 953. The number of thiazole rings is 1. The third-order valence-corrected chi connectivity index (χ3v) is 6.53. The molecule has 0 aliphatic carbocycles. The Kier molecular flexibility index (Phi) is 5.36. The molecule has 0 spiro atoms. The molecule has 26 heavy (non-hydrogen) atoms. The topological polar surface area (TPSA) is 38.1 Å². The van der Waals surface area contributed by atoms with E-state index in [4.69, 9.17) is 4.98 Å². The highest BCUT2D eigenvalue weighted by atomic mass is 32.1. The van der Waals surface area contributed by atoms with Crippen molar-refractivity contribution in [2.75, 3.05) is 19.6 Å². The van der Waals surface area contributed by atoms with E-state index >= 15 is 0 Å². The minimum atomic E-state index is 0.135. The number of nitrogens with zero attached hydrogens (tertiary/aromatic N) is 3. The number of aryl methyl sites for hydroxylation is 1. The fourth-order valence-electron chi connectivity index (χ4n) is 3.89. The summed E-state index contributed by atoms with van der Waals surface area (Å²) in [5, 5.41) is 2.95. The second-order valence-electron chi connectivity index (χ2n) is 7.27. The van der Waals surface area contributed by atoms with E-state index in [0.717, 1.165) is 65.1 Å². The van der Waals surface area contributed by atoms with Gasteiger partial charge >= 0.3 is 0 Å². The van der Waals surface area contributed by atoms with Gasteiger partial charge in [0.1, 0.15) is 10.3 Å². The first-order valence-electron chi connectivity index (χ1n) is 9.91. The molecule has 1 aromatic carbocycles. The number of unbranched alkanes of at least 4 members (excludes halogenated alkanes) is 1. The number of piperidine rings is 1. The Morgan fingerprint density at radius 2 is 1.85 bits per heavy atom. The summed E-state index contributed by atoms with van der Waals surface area (Å²) < 4.78 is 1.99. The predicted molar refractivity (Wildman–Crippen MR) is 110 cm³/mol. The monoisotopic (exact) mass is 369 g/mol. The van der Waals surface area contributed by atoms with Crippen LogP contribution in [0.4, 0.5) is 0 Å². The third kappa shape index (κ3) is 3.42. The Morgan fingerprint density at radius 1 is 1.08 bits per heavy atom. The van der Waals surface area contributed by atoms with E-state index in [9.17, 15) is 4.79 Å². The van der Waals surface area contributed by atoms with Crippen LogP contribution >= 0.6 is 11.3 Å². The zero-order valence-electron chi connectivity index (χ0n) is 15.5. The van der Waals surface area contributed by atoms with Crippen LogP contribution in [0.1, 0.15) is 44.0 Å². The van der Waals surface area contributed by atoms with E-state index in [1.54, 1.807) is 11.3 Å². The maximum absolute atomic E-state index is 13.2. The van der Waals surface area contributed by atoms with Crippen LogP contribution in [0, 0.1) is 0 Å². The molecular formula is C21H27N3OS. The molecule has 0 radical (unpaired) electrons. The van der Waals surface area contributed by atoms with Gasteiger partial charge in [-0.3, -0.25) is 9.36 Å². The number of hydrogen-bond donors (Lipinski definition) is 0. The second-order valence-corrected chi connectivity index (χ2v) is 8.33. The first-order valence-corrected chi connectivity index (χ1v) is 10.7. The zero-order valence-corrected chi connectivity index (χ0v) is 16.4. The highest BCUT2D eigenvalue weighted by Gasteiger charge is 2.17. The summed E-state index contributed by atoms with van der Waals surface area (Å²) in [6.45, 7) is 6.24. The molecule has 0 saturated carbocycles. The Hall–Kier alpha value is -1.72. The standard InChI is InChI=1S/C21H27N3OS/c1-2-3-11-18-22-19-16-9-5-6-10-17(16)20(25)24(21(19)26-18)15-14-23-12-7-4-8-13-23/h5-6,9-10H,2-4,7-8,11-15H2,1H3.